The van der Waals surface area contributed by atoms with Gasteiger partial charge in [-0.3, -0.25) is 9.59 Å². The molecular weight excluding hydrogens is 276 g/mol. The maximum Gasteiger partial charge on any atom is 0.307 e. The molecule has 0 spiro atoms. The van der Waals surface area contributed by atoms with Gasteiger partial charge in [-0.25, -0.2) is 0 Å². The van der Waals surface area contributed by atoms with E-state index in [-0.39, 0.29) is 30.3 Å². The first kappa shape index (κ1) is 16.7. The van der Waals surface area contributed by atoms with Gasteiger partial charge in [0.2, 0.25) is 5.91 Å². The van der Waals surface area contributed by atoms with Crippen LogP contribution in [0, 0.1) is 5.92 Å². The van der Waals surface area contributed by atoms with Crippen molar-refractivity contribution in [3.63, 3.8) is 0 Å². The smallest absolute Gasteiger partial charge is 0.307 e. The van der Waals surface area contributed by atoms with Crippen LogP contribution in [0.1, 0.15) is 37.6 Å². The van der Waals surface area contributed by atoms with Crippen LogP contribution >= 0.6 is 11.3 Å². The lowest BCUT2D eigenvalue weighted by Gasteiger charge is -2.22. The predicted octanol–water partition coefficient (Wildman–Crippen LogP) is 1.84. The number of hydrogen-bond acceptors (Lipinski definition) is 5. The number of nitrogens with two attached hydrogens (primary N) is 1. The molecule has 3 unspecified atom stereocenters. The fourth-order valence-corrected chi connectivity index (χ4v) is 2.52. The Labute approximate surface area is 123 Å². The van der Waals surface area contributed by atoms with Gasteiger partial charge in [-0.1, -0.05) is 26.3 Å². The van der Waals surface area contributed by atoms with Crippen molar-refractivity contribution in [3.05, 3.63) is 22.4 Å². The largest absolute Gasteiger partial charge is 0.469 e. The lowest BCUT2D eigenvalue weighted by atomic mass is 9.99. The maximum absolute atomic E-state index is 12.1. The lowest BCUT2D eigenvalue weighted by Crippen LogP contribution is -2.46. The van der Waals surface area contributed by atoms with E-state index in [0.717, 1.165) is 11.3 Å². The van der Waals surface area contributed by atoms with Gasteiger partial charge in [-0.05, 0) is 17.4 Å². The highest BCUT2D eigenvalue weighted by Crippen LogP contribution is 2.23. The van der Waals surface area contributed by atoms with E-state index in [2.05, 4.69) is 10.1 Å². The van der Waals surface area contributed by atoms with Crippen molar-refractivity contribution in [3.8, 4) is 0 Å². The number of methoxy groups -OCH3 is 1. The summed E-state index contributed by atoms with van der Waals surface area (Å²) < 4.78 is 4.67. The molecule has 0 aliphatic rings. The van der Waals surface area contributed by atoms with Gasteiger partial charge in [0.05, 0.1) is 25.6 Å². The highest BCUT2D eigenvalue weighted by atomic mass is 32.1. The van der Waals surface area contributed by atoms with Crippen molar-refractivity contribution >= 4 is 23.2 Å². The number of rotatable bonds is 7. The quantitative estimate of drug-likeness (QED) is 0.753. The fraction of sp³-hybridized carbons (Fsp3) is 0.571. The molecule has 20 heavy (non-hydrogen) atoms. The van der Waals surface area contributed by atoms with Crippen molar-refractivity contribution in [1.82, 2.24) is 5.32 Å². The number of thiophene rings is 1. The lowest BCUT2D eigenvalue weighted by molar-refractivity contribution is -0.141. The second-order valence-electron chi connectivity index (χ2n) is 4.77. The topological polar surface area (TPSA) is 81.4 Å². The Hall–Kier alpha value is -1.40. The normalized spacial score (nSPS) is 15.2. The Morgan fingerprint density at radius 3 is 2.70 bits per heavy atom. The van der Waals surface area contributed by atoms with E-state index in [1.807, 2.05) is 31.4 Å². The zero-order chi connectivity index (χ0) is 15.1. The molecule has 0 bridgehead atoms. The first-order valence-corrected chi connectivity index (χ1v) is 7.53. The van der Waals surface area contributed by atoms with Gasteiger partial charge < -0.3 is 15.8 Å². The summed E-state index contributed by atoms with van der Waals surface area (Å²) in [4.78, 5) is 24.5. The Balaban J connectivity index is 2.75. The van der Waals surface area contributed by atoms with Crippen molar-refractivity contribution in [1.29, 1.82) is 0 Å². The first-order chi connectivity index (χ1) is 9.49. The van der Waals surface area contributed by atoms with Crippen LogP contribution in [0.4, 0.5) is 0 Å². The summed E-state index contributed by atoms with van der Waals surface area (Å²) in [5.41, 5.74) is 5.91. The minimum absolute atomic E-state index is 0.0945. The number of esters is 1. The number of ether oxygens (including phenoxy) is 1. The molecule has 0 fully saturated rings. The van der Waals surface area contributed by atoms with E-state index >= 15 is 0 Å². The molecule has 1 aromatic rings. The fourth-order valence-electron chi connectivity index (χ4n) is 1.74. The summed E-state index contributed by atoms with van der Waals surface area (Å²) in [6.07, 6.45) is 0.936. The molecule has 0 aromatic carbocycles. The van der Waals surface area contributed by atoms with Gasteiger partial charge in [0.15, 0.2) is 0 Å². The molecule has 1 amide bonds. The van der Waals surface area contributed by atoms with E-state index in [9.17, 15) is 9.59 Å². The number of carbonyl (C=O) groups is 2. The third-order valence-electron chi connectivity index (χ3n) is 3.36. The molecule has 5 nitrogen and oxygen atoms in total. The van der Waals surface area contributed by atoms with E-state index in [1.165, 1.54) is 18.4 Å². The molecule has 3 N–H and O–H groups in total. The molecule has 1 rings (SSSR count). The van der Waals surface area contributed by atoms with Gasteiger partial charge in [0.1, 0.15) is 0 Å². The van der Waals surface area contributed by atoms with Gasteiger partial charge in [0.25, 0.3) is 0 Å². The molecule has 3 atom stereocenters. The molecule has 0 saturated heterocycles. The van der Waals surface area contributed by atoms with Crippen LogP contribution < -0.4 is 11.1 Å². The van der Waals surface area contributed by atoms with Crippen LogP contribution in [0.5, 0.6) is 0 Å². The van der Waals surface area contributed by atoms with E-state index < -0.39 is 6.04 Å². The zero-order valence-electron chi connectivity index (χ0n) is 12.1. The van der Waals surface area contributed by atoms with Crippen LogP contribution in [0.2, 0.25) is 0 Å². The molecule has 0 aliphatic carbocycles. The number of carbonyl (C=O) groups excluding carboxylic acids is 2. The minimum atomic E-state index is -0.569. The Bertz CT molecular complexity index is 434. The summed E-state index contributed by atoms with van der Waals surface area (Å²) in [5.74, 6) is -0.500. The molecule has 1 heterocycles. The van der Waals surface area contributed by atoms with Gasteiger partial charge in [-0.2, -0.15) is 0 Å². The molecule has 0 radical (unpaired) electrons. The summed E-state index contributed by atoms with van der Waals surface area (Å²) in [5, 5.41) is 4.75. The summed E-state index contributed by atoms with van der Waals surface area (Å²) >= 11 is 1.49. The third kappa shape index (κ3) is 4.61. The van der Waals surface area contributed by atoms with Crippen LogP contribution in [-0.4, -0.2) is 25.0 Å². The molecule has 0 saturated carbocycles. The molecule has 6 heteroatoms. The standard InChI is InChI=1S/C14H22N2O3S/c1-4-9(2)13(15)14(18)16-10(8-12(17)19-3)11-6-5-7-20-11/h5-7,9-10,13H,4,8,15H2,1-3H3,(H,16,18). The second kappa shape index (κ2) is 8.01. The van der Waals surface area contributed by atoms with Crippen molar-refractivity contribution < 1.29 is 14.3 Å². The van der Waals surface area contributed by atoms with Crippen LogP contribution in [0.25, 0.3) is 0 Å². The second-order valence-corrected chi connectivity index (χ2v) is 5.75. The maximum atomic E-state index is 12.1. The average Bonchev–Trinajstić information content (AvgIpc) is 2.98. The predicted molar refractivity (Wildman–Crippen MR) is 79.3 cm³/mol. The summed E-state index contributed by atoms with van der Waals surface area (Å²) in [6.45, 7) is 3.92. The SMILES string of the molecule is CCC(C)C(N)C(=O)NC(CC(=O)OC)c1cccs1. The Morgan fingerprint density at radius 1 is 1.50 bits per heavy atom. The summed E-state index contributed by atoms with van der Waals surface area (Å²) in [7, 11) is 1.33. The Morgan fingerprint density at radius 2 is 2.20 bits per heavy atom. The van der Waals surface area contributed by atoms with Gasteiger partial charge in [-0.15, -0.1) is 11.3 Å². The van der Waals surface area contributed by atoms with Crippen LogP contribution in [-0.2, 0) is 14.3 Å². The molecular formula is C14H22N2O3S. The van der Waals surface area contributed by atoms with Gasteiger partial charge in [0, 0.05) is 4.88 Å². The minimum Gasteiger partial charge on any atom is -0.469 e. The van der Waals surface area contributed by atoms with E-state index in [0.29, 0.717) is 0 Å². The van der Waals surface area contributed by atoms with Crippen molar-refractivity contribution in [2.24, 2.45) is 11.7 Å². The monoisotopic (exact) mass is 298 g/mol. The molecule has 0 aliphatic heterocycles. The number of nitrogens with one attached hydrogen (secondary N) is 1. The Kier molecular flexibility index (Phi) is 6.67. The summed E-state index contributed by atoms with van der Waals surface area (Å²) in [6, 6.07) is 2.81. The zero-order valence-corrected chi connectivity index (χ0v) is 12.9. The number of hydrogen-bond donors (Lipinski definition) is 2. The average molecular weight is 298 g/mol. The van der Waals surface area contributed by atoms with Crippen molar-refractivity contribution in [2.75, 3.05) is 7.11 Å². The molecule has 1 aromatic heterocycles. The van der Waals surface area contributed by atoms with E-state index in [1.54, 1.807) is 0 Å². The number of amides is 1. The van der Waals surface area contributed by atoms with Gasteiger partial charge >= 0.3 is 5.97 Å². The molecule has 112 valence electrons. The first-order valence-electron chi connectivity index (χ1n) is 6.65. The third-order valence-corrected chi connectivity index (χ3v) is 4.35. The van der Waals surface area contributed by atoms with Crippen LogP contribution in [0.3, 0.4) is 0 Å². The van der Waals surface area contributed by atoms with Crippen LogP contribution in [0.15, 0.2) is 17.5 Å². The highest BCUT2D eigenvalue weighted by molar-refractivity contribution is 7.10. The van der Waals surface area contributed by atoms with Crippen molar-refractivity contribution in [2.45, 2.75) is 38.8 Å². The van der Waals surface area contributed by atoms with E-state index in [4.69, 9.17) is 5.73 Å². The highest BCUT2D eigenvalue weighted by Gasteiger charge is 2.25.